The van der Waals surface area contributed by atoms with Crippen molar-refractivity contribution in [2.45, 2.75) is 58.4 Å². The van der Waals surface area contributed by atoms with E-state index in [0.29, 0.717) is 24.7 Å². The van der Waals surface area contributed by atoms with Crippen LogP contribution in [-0.2, 0) is 14.3 Å². The van der Waals surface area contributed by atoms with Crippen molar-refractivity contribution in [3.8, 4) is 0 Å². The number of rotatable bonds is 7. The van der Waals surface area contributed by atoms with Gasteiger partial charge in [-0.05, 0) is 51.1 Å². The van der Waals surface area contributed by atoms with E-state index < -0.39 is 5.54 Å². The molecule has 1 aliphatic heterocycles. The third-order valence-electron chi connectivity index (χ3n) is 4.45. The zero-order valence-electron chi connectivity index (χ0n) is 13.8. The number of hydrogen-bond donors (Lipinski definition) is 2. The Morgan fingerprint density at radius 2 is 2.19 bits per heavy atom. The summed E-state index contributed by atoms with van der Waals surface area (Å²) in [5, 5.41) is 6.26. The predicted molar refractivity (Wildman–Crippen MR) is 82.8 cm³/mol. The molecule has 0 spiro atoms. The highest BCUT2D eigenvalue weighted by Crippen LogP contribution is 2.23. The van der Waals surface area contributed by atoms with E-state index in [1.807, 2.05) is 6.92 Å². The molecule has 0 aromatic rings. The highest BCUT2D eigenvalue weighted by Gasteiger charge is 2.35. The molecular weight excluding hydrogens is 268 g/mol. The van der Waals surface area contributed by atoms with Gasteiger partial charge in [0.15, 0.2) is 0 Å². The summed E-state index contributed by atoms with van der Waals surface area (Å²) < 4.78 is 4.83. The molecule has 122 valence electrons. The summed E-state index contributed by atoms with van der Waals surface area (Å²) in [5.74, 6) is 0.431. The van der Waals surface area contributed by atoms with Crippen molar-refractivity contribution >= 4 is 11.9 Å². The Bertz CT molecular complexity index is 353. The van der Waals surface area contributed by atoms with E-state index in [0.717, 1.165) is 19.5 Å². The number of ether oxygens (including phenoxy) is 1. The van der Waals surface area contributed by atoms with Gasteiger partial charge in [-0.1, -0.05) is 20.3 Å². The van der Waals surface area contributed by atoms with Crippen LogP contribution in [0.4, 0.5) is 0 Å². The van der Waals surface area contributed by atoms with Crippen molar-refractivity contribution in [3.05, 3.63) is 0 Å². The molecule has 21 heavy (non-hydrogen) atoms. The average Bonchev–Trinajstić information content (AvgIpc) is 2.47. The molecular formula is C16H30N2O3. The molecule has 3 unspecified atom stereocenters. The first kappa shape index (κ1) is 18.0. The Labute approximate surface area is 128 Å². The molecule has 0 aromatic heterocycles. The van der Waals surface area contributed by atoms with Crippen LogP contribution in [0.2, 0.25) is 0 Å². The summed E-state index contributed by atoms with van der Waals surface area (Å²) in [5.41, 5.74) is -0.912. The van der Waals surface area contributed by atoms with Gasteiger partial charge in [-0.25, -0.2) is 4.79 Å². The quantitative estimate of drug-likeness (QED) is 0.704. The van der Waals surface area contributed by atoms with E-state index in [-0.39, 0.29) is 11.9 Å². The van der Waals surface area contributed by atoms with E-state index in [2.05, 4.69) is 17.6 Å². The van der Waals surface area contributed by atoms with Gasteiger partial charge in [-0.15, -0.1) is 0 Å². The van der Waals surface area contributed by atoms with Crippen LogP contribution in [0, 0.1) is 11.8 Å². The minimum absolute atomic E-state index is 0.0607. The van der Waals surface area contributed by atoms with Crippen LogP contribution in [0.1, 0.15) is 52.9 Å². The smallest absolute Gasteiger partial charge is 0.331 e. The SMILES string of the molecule is CCCC(C)(NC(=O)CC(C)C1CCCNC1)C(=O)OC. The third-order valence-corrected chi connectivity index (χ3v) is 4.45. The van der Waals surface area contributed by atoms with Crippen LogP contribution in [0.15, 0.2) is 0 Å². The van der Waals surface area contributed by atoms with Crippen LogP contribution in [0.25, 0.3) is 0 Å². The van der Waals surface area contributed by atoms with Gasteiger partial charge in [0.2, 0.25) is 5.91 Å². The molecule has 1 aliphatic rings. The van der Waals surface area contributed by atoms with Crippen LogP contribution in [-0.4, -0.2) is 37.6 Å². The summed E-state index contributed by atoms with van der Waals surface area (Å²) >= 11 is 0. The Kier molecular flexibility index (Phi) is 7.15. The molecule has 0 radical (unpaired) electrons. The first-order valence-corrected chi connectivity index (χ1v) is 8.03. The van der Waals surface area contributed by atoms with Crippen LogP contribution >= 0.6 is 0 Å². The number of methoxy groups -OCH3 is 1. The average molecular weight is 298 g/mol. The maximum Gasteiger partial charge on any atom is 0.331 e. The molecule has 5 nitrogen and oxygen atoms in total. The van der Waals surface area contributed by atoms with Crippen molar-refractivity contribution in [2.75, 3.05) is 20.2 Å². The van der Waals surface area contributed by atoms with Gasteiger partial charge in [-0.3, -0.25) is 4.79 Å². The monoisotopic (exact) mass is 298 g/mol. The summed E-state index contributed by atoms with van der Waals surface area (Å²) in [6.07, 6.45) is 4.21. The Morgan fingerprint density at radius 3 is 2.71 bits per heavy atom. The van der Waals surface area contributed by atoms with Crippen molar-refractivity contribution in [1.82, 2.24) is 10.6 Å². The fourth-order valence-corrected chi connectivity index (χ4v) is 3.12. The molecule has 2 N–H and O–H groups in total. The molecule has 0 aromatic carbocycles. The maximum absolute atomic E-state index is 12.3. The number of nitrogens with one attached hydrogen (secondary N) is 2. The minimum Gasteiger partial charge on any atom is -0.467 e. The summed E-state index contributed by atoms with van der Waals surface area (Å²) in [6, 6.07) is 0. The second-order valence-corrected chi connectivity index (χ2v) is 6.41. The minimum atomic E-state index is -0.912. The zero-order valence-corrected chi connectivity index (χ0v) is 13.8. The Morgan fingerprint density at radius 1 is 1.48 bits per heavy atom. The number of carbonyl (C=O) groups is 2. The molecule has 1 heterocycles. The van der Waals surface area contributed by atoms with Crippen molar-refractivity contribution in [2.24, 2.45) is 11.8 Å². The molecule has 0 bridgehead atoms. The van der Waals surface area contributed by atoms with Gasteiger partial charge in [0.1, 0.15) is 5.54 Å². The van der Waals surface area contributed by atoms with Crippen LogP contribution in [0.3, 0.4) is 0 Å². The van der Waals surface area contributed by atoms with Crippen molar-refractivity contribution < 1.29 is 14.3 Å². The molecule has 1 fully saturated rings. The van der Waals surface area contributed by atoms with E-state index in [4.69, 9.17) is 4.74 Å². The highest BCUT2D eigenvalue weighted by molar-refractivity contribution is 5.87. The van der Waals surface area contributed by atoms with Gasteiger partial charge in [-0.2, -0.15) is 0 Å². The largest absolute Gasteiger partial charge is 0.467 e. The molecule has 1 rings (SSSR count). The summed E-state index contributed by atoms with van der Waals surface area (Å²) in [6.45, 7) is 7.91. The highest BCUT2D eigenvalue weighted by atomic mass is 16.5. The van der Waals surface area contributed by atoms with E-state index >= 15 is 0 Å². The van der Waals surface area contributed by atoms with Gasteiger partial charge in [0, 0.05) is 6.42 Å². The van der Waals surface area contributed by atoms with Gasteiger partial charge < -0.3 is 15.4 Å². The lowest BCUT2D eigenvalue weighted by Gasteiger charge is -2.31. The zero-order chi connectivity index (χ0) is 15.9. The van der Waals surface area contributed by atoms with Gasteiger partial charge in [0.05, 0.1) is 7.11 Å². The Hall–Kier alpha value is -1.10. The molecule has 5 heteroatoms. The number of hydrogen-bond acceptors (Lipinski definition) is 4. The van der Waals surface area contributed by atoms with Crippen molar-refractivity contribution in [3.63, 3.8) is 0 Å². The fourth-order valence-electron chi connectivity index (χ4n) is 3.12. The van der Waals surface area contributed by atoms with E-state index in [1.165, 1.54) is 20.0 Å². The molecule has 3 atom stereocenters. The standard InChI is InChI=1S/C16H30N2O3/c1-5-8-16(3,15(20)21-4)18-14(19)10-12(2)13-7-6-9-17-11-13/h12-13,17H,5-11H2,1-4H3,(H,18,19). The molecule has 0 saturated carbocycles. The van der Waals surface area contributed by atoms with Gasteiger partial charge >= 0.3 is 5.97 Å². The lowest BCUT2D eigenvalue weighted by Crippen LogP contribution is -2.53. The number of amides is 1. The van der Waals surface area contributed by atoms with E-state index in [1.54, 1.807) is 6.92 Å². The van der Waals surface area contributed by atoms with Crippen LogP contribution in [0.5, 0.6) is 0 Å². The second-order valence-electron chi connectivity index (χ2n) is 6.41. The normalized spacial score (nSPS) is 23.0. The predicted octanol–water partition coefficient (Wildman–Crippen LogP) is 1.86. The first-order valence-electron chi connectivity index (χ1n) is 8.03. The topological polar surface area (TPSA) is 67.4 Å². The van der Waals surface area contributed by atoms with Gasteiger partial charge in [0.25, 0.3) is 0 Å². The Balaban J connectivity index is 2.54. The number of piperidine rings is 1. The molecule has 1 amide bonds. The molecule has 0 aliphatic carbocycles. The summed E-state index contributed by atoms with van der Waals surface area (Å²) in [4.78, 5) is 24.2. The molecule has 1 saturated heterocycles. The number of esters is 1. The second kappa shape index (κ2) is 8.37. The maximum atomic E-state index is 12.3. The third kappa shape index (κ3) is 5.30. The van der Waals surface area contributed by atoms with E-state index in [9.17, 15) is 9.59 Å². The van der Waals surface area contributed by atoms with Crippen molar-refractivity contribution in [1.29, 1.82) is 0 Å². The lowest BCUT2D eigenvalue weighted by atomic mass is 9.85. The fraction of sp³-hybridized carbons (Fsp3) is 0.875. The number of carbonyl (C=O) groups excluding carboxylic acids is 2. The summed E-state index contributed by atoms with van der Waals surface area (Å²) in [7, 11) is 1.36. The van der Waals surface area contributed by atoms with Crippen LogP contribution < -0.4 is 10.6 Å². The lowest BCUT2D eigenvalue weighted by molar-refractivity contribution is -0.150. The first-order chi connectivity index (χ1) is 9.92.